The monoisotopic (exact) mass is 328 g/mol. The summed E-state index contributed by atoms with van der Waals surface area (Å²) < 4.78 is 0. The number of nitrogens with one attached hydrogen (secondary N) is 2. The second-order valence-corrected chi connectivity index (χ2v) is 6.77. The molecule has 0 bridgehead atoms. The van der Waals surface area contributed by atoms with Crippen LogP contribution in [-0.2, 0) is 9.59 Å². The molecule has 2 fully saturated rings. The van der Waals surface area contributed by atoms with Crippen molar-refractivity contribution in [3.8, 4) is 0 Å². The van der Waals surface area contributed by atoms with E-state index in [0.29, 0.717) is 12.1 Å². The predicted molar refractivity (Wildman–Crippen MR) is 89.6 cm³/mol. The maximum Gasteiger partial charge on any atom is 0.320 e. The van der Waals surface area contributed by atoms with Gasteiger partial charge in [-0.1, -0.05) is 32.1 Å². The van der Waals surface area contributed by atoms with E-state index in [1.165, 1.54) is 32.1 Å². The average Bonchev–Trinajstić information content (AvgIpc) is 3.01. The molecular weight excluding hydrogens is 296 g/mol. The average molecular weight is 328 g/mol. The summed E-state index contributed by atoms with van der Waals surface area (Å²) in [6, 6.07) is 0.0946. The van der Waals surface area contributed by atoms with Crippen LogP contribution in [0, 0.1) is 0 Å². The number of aliphatic carboxylic acids is 2. The summed E-state index contributed by atoms with van der Waals surface area (Å²) in [4.78, 5) is 20.9. The van der Waals surface area contributed by atoms with E-state index < -0.39 is 24.0 Å². The van der Waals surface area contributed by atoms with Crippen molar-refractivity contribution in [1.82, 2.24) is 10.6 Å². The normalized spacial score (nSPS) is 22.0. The fourth-order valence-electron chi connectivity index (χ4n) is 3.21. The molecule has 0 aromatic carbocycles. The zero-order valence-corrected chi connectivity index (χ0v) is 14.4. The van der Waals surface area contributed by atoms with Gasteiger partial charge in [-0.25, -0.2) is 0 Å². The molecule has 0 spiro atoms. The Bertz CT molecular complexity index is 364. The number of hydrogen-bond donors (Lipinski definition) is 4. The van der Waals surface area contributed by atoms with E-state index in [1.807, 2.05) is 0 Å². The van der Waals surface area contributed by atoms with Gasteiger partial charge in [-0.05, 0) is 39.5 Å². The van der Waals surface area contributed by atoms with E-state index in [1.54, 1.807) is 13.8 Å². The van der Waals surface area contributed by atoms with Crippen molar-refractivity contribution in [3.05, 3.63) is 0 Å². The summed E-state index contributed by atoms with van der Waals surface area (Å²) in [5, 5.41) is 23.4. The van der Waals surface area contributed by atoms with Crippen LogP contribution >= 0.6 is 0 Å². The third-order valence-electron chi connectivity index (χ3n) is 4.67. The molecule has 0 heterocycles. The Morgan fingerprint density at radius 1 is 0.739 bits per heavy atom. The van der Waals surface area contributed by atoms with E-state index in [-0.39, 0.29) is 0 Å². The molecule has 2 saturated carbocycles. The maximum atomic E-state index is 10.5. The summed E-state index contributed by atoms with van der Waals surface area (Å²) >= 11 is 0. The van der Waals surface area contributed by atoms with Gasteiger partial charge in [0.1, 0.15) is 12.1 Å². The molecular formula is C17H32N2O4. The van der Waals surface area contributed by atoms with Gasteiger partial charge in [0.2, 0.25) is 0 Å². The first-order chi connectivity index (χ1) is 10.9. The summed E-state index contributed by atoms with van der Waals surface area (Å²) in [5.41, 5.74) is 0. The Labute approximate surface area is 139 Å². The second kappa shape index (κ2) is 10.6. The van der Waals surface area contributed by atoms with Crippen molar-refractivity contribution in [2.24, 2.45) is 0 Å². The fourth-order valence-corrected chi connectivity index (χ4v) is 3.21. The number of hydrogen-bond acceptors (Lipinski definition) is 4. The first kappa shape index (κ1) is 19.9. The van der Waals surface area contributed by atoms with Crippen LogP contribution in [0.4, 0.5) is 0 Å². The molecule has 6 nitrogen and oxygen atoms in total. The van der Waals surface area contributed by atoms with Crippen molar-refractivity contribution in [3.63, 3.8) is 0 Å². The molecule has 0 aromatic heterocycles. The van der Waals surface area contributed by atoms with Gasteiger partial charge in [-0.2, -0.15) is 0 Å². The third-order valence-corrected chi connectivity index (χ3v) is 4.67. The van der Waals surface area contributed by atoms with Gasteiger partial charge in [0, 0.05) is 12.1 Å². The first-order valence-corrected chi connectivity index (χ1v) is 8.88. The topological polar surface area (TPSA) is 98.7 Å². The Morgan fingerprint density at radius 2 is 1.04 bits per heavy atom. The highest BCUT2D eigenvalue weighted by molar-refractivity contribution is 5.73. The third kappa shape index (κ3) is 8.32. The largest absolute Gasteiger partial charge is 0.480 e. The minimum absolute atomic E-state index is 0.391. The van der Waals surface area contributed by atoms with Crippen molar-refractivity contribution >= 4 is 11.9 Å². The number of carboxylic acid groups (broad SMARTS) is 2. The number of rotatable bonds is 6. The lowest BCUT2D eigenvalue weighted by molar-refractivity contribution is -0.140. The van der Waals surface area contributed by atoms with Gasteiger partial charge >= 0.3 is 11.9 Å². The van der Waals surface area contributed by atoms with Gasteiger partial charge in [0.15, 0.2) is 0 Å². The van der Waals surface area contributed by atoms with Crippen molar-refractivity contribution in [2.75, 3.05) is 0 Å². The minimum Gasteiger partial charge on any atom is -0.480 e. The predicted octanol–water partition coefficient (Wildman–Crippen LogP) is 2.37. The van der Waals surface area contributed by atoms with Gasteiger partial charge in [-0.3, -0.25) is 9.59 Å². The molecule has 2 aliphatic carbocycles. The second-order valence-electron chi connectivity index (χ2n) is 6.77. The van der Waals surface area contributed by atoms with E-state index in [0.717, 1.165) is 25.7 Å². The molecule has 4 N–H and O–H groups in total. The van der Waals surface area contributed by atoms with E-state index in [2.05, 4.69) is 10.6 Å². The number of carboxylic acids is 2. The van der Waals surface area contributed by atoms with Gasteiger partial charge in [0.05, 0.1) is 0 Å². The summed E-state index contributed by atoms with van der Waals surface area (Å²) in [6.45, 7) is 3.40. The van der Waals surface area contributed by atoms with Crippen LogP contribution in [-0.4, -0.2) is 46.3 Å². The van der Waals surface area contributed by atoms with Crippen LogP contribution in [0.5, 0.6) is 0 Å². The summed E-state index contributed by atoms with van der Waals surface area (Å²) in [5.74, 6) is -1.50. The molecule has 0 unspecified atom stereocenters. The minimum atomic E-state index is -0.753. The smallest absolute Gasteiger partial charge is 0.320 e. The van der Waals surface area contributed by atoms with E-state index in [4.69, 9.17) is 10.2 Å². The molecule has 0 saturated heterocycles. The lowest BCUT2D eigenvalue weighted by atomic mass is 9.95. The highest BCUT2D eigenvalue weighted by Crippen LogP contribution is 2.18. The fraction of sp³-hybridized carbons (Fsp3) is 0.882. The molecule has 23 heavy (non-hydrogen) atoms. The zero-order chi connectivity index (χ0) is 17.2. The molecule has 0 amide bonds. The number of carbonyl (C=O) groups is 2. The van der Waals surface area contributed by atoms with Gasteiger partial charge in [0.25, 0.3) is 0 Å². The van der Waals surface area contributed by atoms with Crippen molar-refractivity contribution < 1.29 is 19.8 Å². The van der Waals surface area contributed by atoms with Crippen LogP contribution in [0.3, 0.4) is 0 Å². The zero-order valence-electron chi connectivity index (χ0n) is 14.4. The Hall–Kier alpha value is -1.14. The summed E-state index contributed by atoms with van der Waals surface area (Å²) in [7, 11) is 0. The highest BCUT2D eigenvalue weighted by atomic mass is 16.4. The Balaban J connectivity index is 0.000000231. The van der Waals surface area contributed by atoms with Crippen molar-refractivity contribution in [1.29, 1.82) is 0 Å². The molecule has 134 valence electrons. The van der Waals surface area contributed by atoms with Gasteiger partial charge < -0.3 is 20.8 Å². The van der Waals surface area contributed by atoms with Crippen LogP contribution in [0.2, 0.25) is 0 Å². The van der Waals surface area contributed by atoms with E-state index >= 15 is 0 Å². The maximum absolute atomic E-state index is 10.5. The van der Waals surface area contributed by atoms with E-state index in [9.17, 15) is 9.59 Å². The first-order valence-electron chi connectivity index (χ1n) is 8.88. The lowest BCUT2D eigenvalue weighted by Gasteiger charge is -2.24. The molecule has 2 atom stereocenters. The SMILES string of the molecule is C[C@H](NC1CCCC1)C(=O)O.C[C@H](NC1CCCCC1)C(=O)O. The van der Waals surface area contributed by atoms with Crippen LogP contribution in [0.1, 0.15) is 71.6 Å². The van der Waals surface area contributed by atoms with Crippen LogP contribution in [0.25, 0.3) is 0 Å². The summed E-state index contributed by atoms with van der Waals surface area (Å²) in [6.07, 6.45) is 10.8. The van der Waals surface area contributed by atoms with Crippen LogP contribution in [0.15, 0.2) is 0 Å². The molecule has 2 aliphatic rings. The Kier molecular flexibility index (Phi) is 9.17. The Morgan fingerprint density at radius 3 is 1.35 bits per heavy atom. The molecule has 0 aromatic rings. The molecule has 6 heteroatoms. The quantitative estimate of drug-likeness (QED) is 0.597. The highest BCUT2D eigenvalue weighted by Gasteiger charge is 2.20. The molecule has 0 radical (unpaired) electrons. The lowest BCUT2D eigenvalue weighted by Crippen LogP contribution is -2.42. The standard InChI is InChI=1S/C9H17NO2.C8H15NO2/c1-7(9(11)12)10-8-5-3-2-4-6-8;1-6(8(10)11)9-7-4-2-3-5-7/h7-8,10H,2-6H2,1H3,(H,11,12);6-7,9H,2-5H2,1H3,(H,10,11)/t7-;6-/m00/s1. The van der Waals surface area contributed by atoms with Crippen molar-refractivity contribution in [2.45, 2.75) is 95.8 Å². The molecule has 0 aliphatic heterocycles. The van der Waals surface area contributed by atoms with Gasteiger partial charge in [-0.15, -0.1) is 0 Å². The van der Waals surface area contributed by atoms with Crippen LogP contribution < -0.4 is 10.6 Å². The molecule has 2 rings (SSSR count).